The predicted octanol–water partition coefficient (Wildman–Crippen LogP) is 7.25. The number of carbonyl (C=O) groups excluding carboxylic acids is 2. The molecule has 0 atom stereocenters. The monoisotopic (exact) mass is 484 g/mol. The number of aryl methyl sites for hydroxylation is 1. The Morgan fingerprint density at radius 2 is 1.62 bits per heavy atom. The van der Waals surface area contributed by atoms with E-state index in [4.69, 9.17) is 25.8 Å². The highest BCUT2D eigenvalue weighted by molar-refractivity contribution is 6.30. The molecule has 0 spiro atoms. The number of rotatable bonds is 6. The van der Waals surface area contributed by atoms with Gasteiger partial charge in [-0.15, -0.1) is 0 Å². The van der Waals surface area contributed by atoms with E-state index in [1.54, 1.807) is 27.7 Å². The molecule has 5 nitrogen and oxygen atoms in total. The number of hydrogen-bond donors (Lipinski definition) is 0. The van der Waals surface area contributed by atoms with Crippen LogP contribution in [0.5, 0.6) is 0 Å². The first-order chi connectivity index (χ1) is 15.9. The molecule has 0 fully saturated rings. The zero-order valence-corrected chi connectivity index (χ0v) is 21.7. The minimum Gasteiger partial charge on any atom is -0.434 e. The van der Waals surface area contributed by atoms with Crippen molar-refractivity contribution in [1.82, 2.24) is 0 Å². The minimum absolute atomic E-state index is 0.153. The van der Waals surface area contributed by atoms with E-state index in [1.807, 2.05) is 63.2 Å². The number of ketones is 1. The van der Waals surface area contributed by atoms with E-state index in [1.165, 1.54) is 0 Å². The van der Waals surface area contributed by atoms with E-state index >= 15 is 0 Å². The topological polar surface area (TPSA) is 61.8 Å². The minimum atomic E-state index is -1.10. The molecule has 0 amide bonds. The van der Waals surface area contributed by atoms with Crippen molar-refractivity contribution in [3.63, 3.8) is 0 Å². The second kappa shape index (κ2) is 9.93. The van der Waals surface area contributed by atoms with Crippen molar-refractivity contribution in [1.29, 1.82) is 0 Å². The van der Waals surface area contributed by atoms with Crippen molar-refractivity contribution in [3.05, 3.63) is 64.4 Å². The van der Waals surface area contributed by atoms with Gasteiger partial charge < -0.3 is 14.2 Å². The molecule has 2 aromatic rings. The van der Waals surface area contributed by atoms with Gasteiger partial charge in [0.15, 0.2) is 11.5 Å². The van der Waals surface area contributed by atoms with Crippen LogP contribution >= 0.6 is 11.6 Å². The Kier molecular flexibility index (Phi) is 7.59. The summed E-state index contributed by atoms with van der Waals surface area (Å²) in [6.45, 7) is 13.2. The van der Waals surface area contributed by atoms with Crippen LogP contribution in [0.4, 0.5) is 4.79 Å². The van der Waals surface area contributed by atoms with Crippen molar-refractivity contribution in [3.8, 4) is 11.1 Å². The normalized spacial score (nSPS) is 17.1. The molecule has 0 saturated carbocycles. The third-order valence-electron chi connectivity index (χ3n) is 5.72. The van der Waals surface area contributed by atoms with Gasteiger partial charge in [0.2, 0.25) is 0 Å². The van der Waals surface area contributed by atoms with Crippen molar-refractivity contribution in [2.75, 3.05) is 6.61 Å². The second-order valence-corrected chi connectivity index (χ2v) is 10.4. The van der Waals surface area contributed by atoms with Crippen LogP contribution in [0.25, 0.3) is 16.7 Å². The van der Waals surface area contributed by atoms with Crippen LogP contribution < -0.4 is 0 Å². The fourth-order valence-corrected chi connectivity index (χ4v) is 4.27. The van der Waals surface area contributed by atoms with Crippen LogP contribution in [0.2, 0.25) is 5.02 Å². The van der Waals surface area contributed by atoms with E-state index in [-0.39, 0.29) is 24.1 Å². The van der Waals surface area contributed by atoms with E-state index in [0.717, 1.165) is 22.3 Å². The number of carbonyl (C=O) groups is 2. The third-order valence-corrected chi connectivity index (χ3v) is 5.97. The second-order valence-electron chi connectivity index (χ2n) is 9.95. The fourth-order valence-electron chi connectivity index (χ4n) is 4.14. The number of ether oxygens (including phenoxy) is 3. The van der Waals surface area contributed by atoms with Crippen molar-refractivity contribution < 1.29 is 23.8 Å². The SMILES string of the molecule is CCc1ccc(-c2ccc(Cl)cc2)cc1C1=C(OC(=O)OCC(C)C)C(C)(C)OC(C)(C)C1=O. The number of halogens is 1. The zero-order valence-electron chi connectivity index (χ0n) is 21.0. The summed E-state index contributed by atoms with van der Waals surface area (Å²) in [4.78, 5) is 26.3. The van der Waals surface area contributed by atoms with Crippen LogP contribution in [0.1, 0.15) is 59.6 Å². The van der Waals surface area contributed by atoms with Gasteiger partial charge in [0.1, 0.15) is 11.2 Å². The van der Waals surface area contributed by atoms with Crippen LogP contribution in [-0.2, 0) is 25.4 Å². The molecule has 6 heteroatoms. The Morgan fingerprint density at radius 1 is 1.00 bits per heavy atom. The molecule has 34 heavy (non-hydrogen) atoms. The molecular formula is C28H33ClO5. The summed E-state index contributed by atoms with van der Waals surface area (Å²) >= 11 is 6.07. The Hall–Kier alpha value is -2.63. The van der Waals surface area contributed by atoms with Gasteiger partial charge in [-0.2, -0.15) is 0 Å². The van der Waals surface area contributed by atoms with Crippen LogP contribution in [0.3, 0.4) is 0 Å². The maximum Gasteiger partial charge on any atom is 0.513 e. The van der Waals surface area contributed by atoms with Crippen molar-refractivity contribution in [2.45, 2.75) is 66.1 Å². The molecule has 1 aliphatic heterocycles. The summed E-state index contributed by atoms with van der Waals surface area (Å²) in [5.41, 5.74) is 1.77. The summed E-state index contributed by atoms with van der Waals surface area (Å²) in [6, 6.07) is 13.5. The molecule has 0 aromatic heterocycles. The molecule has 1 aliphatic rings. The first-order valence-corrected chi connectivity index (χ1v) is 12.0. The van der Waals surface area contributed by atoms with Crippen LogP contribution in [0, 0.1) is 5.92 Å². The summed E-state index contributed by atoms with van der Waals surface area (Å²) in [5.74, 6) is 0.0647. The average molecular weight is 485 g/mol. The van der Waals surface area contributed by atoms with E-state index < -0.39 is 17.4 Å². The highest BCUT2D eigenvalue weighted by Gasteiger charge is 2.49. The van der Waals surface area contributed by atoms with E-state index in [0.29, 0.717) is 17.0 Å². The maximum absolute atomic E-state index is 13.7. The smallest absolute Gasteiger partial charge is 0.434 e. The first kappa shape index (κ1) is 26.0. The number of Topliss-reactive ketones (excluding diaryl/α,β-unsaturated/α-hetero) is 1. The lowest BCUT2D eigenvalue weighted by Crippen LogP contribution is -2.50. The van der Waals surface area contributed by atoms with Gasteiger partial charge in [0, 0.05) is 5.02 Å². The highest BCUT2D eigenvalue weighted by Crippen LogP contribution is 2.43. The van der Waals surface area contributed by atoms with Gasteiger partial charge in [-0.3, -0.25) is 4.79 Å². The van der Waals surface area contributed by atoms with Crippen molar-refractivity contribution >= 4 is 29.1 Å². The maximum atomic E-state index is 13.7. The van der Waals surface area contributed by atoms with Gasteiger partial charge in [-0.1, -0.05) is 56.6 Å². The zero-order chi connectivity index (χ0) is 25.3. The largest absolute Gasteiger partial charge is 0.513 e. The predicted molar refractivity (Wildman–Crippen MR) is 135 cm³/mol. The lowest BCUT2D eigenvalue weighted by molar-refractivity contribution is -0.159. The summed E-state index contributed by atoms with van der Waals surface area (Å²) < 4.78 is 17.1. The van der Waals surface area contributed by atoms with Gasteiger partial charge in [0.25, 0.3) is 0 Å². The molecule has 0 bridgehead atoms. The van der Waals surface area contributed by atoms with Gasteiger partial charge in [-0.25, -0.2) is 4.79 Å². The molecule has 0 unspecified atom stereocenters. The Morgan fingerprint density at radius 3 is 2.21 bits per heavy atom. The molecule has 1 heterocycles. The van der Waals surface area contributed by atoms with E-state index in [9.17, 15) is 9.59 Å². The molecule has 3 rings (SSSR count). The molecule has 182 valence electrons. The first-order valence-electron chi connectivity index (χ1n) is 11.6. The van der Waals surface area contributed by atoms with Gasteiger partial charge >= 0.3 is 6.16 Å². The van der Waals surface area contributed by atoms with Crippen LogP contribution in [0.15, 0.2) is 48.2 Å². The Labute approximate surface area is 207 Å². The molecule has 0 N–H and O–H groups in total. The highest BCUT2D eigenvalue weighted by atomic mass is 35.5. The number of benzene rings is 2. The Bertz CT molecular complexity index is 1110. The Balaban J connectivity index is 2.22. The molecule has 2 aromatic carbocycles. The van der Waals surface area contributed by atoms with E-state index in [2.05, 4.69) is 0 Å². The average Bonchev–Trinajstić information content (AvgIpc) is 2.76. The fraction of sp³-hybridized carbons (Fsp3) is 0.429. The van der Waals surface area contributed by atoms with Crippen molar-refractivity contribution in [2.24, 2.45) is 5.92 Å². The van der Waals surface area contributed by atoms with Crippen LogP contribution in [-0.4, -0.2) is 29.7 Å². The van der Waals surface area contributed by atoms with Gasteiger partial charge in [-0.05, 0) is 80.5 Å². The lowest BCUT2D eigenvalue weighted by atomic mass is 9.80. The molecule has 0 aliphatic carbocycles. The molecule has 0 radical (unpaired) electrons. The van der Waals surface area contributed by atoms with Gasteiger partial charge in [0.05, 0.1) is 12.2 Å². The quantitative estimate of drug-likeness (QED) is 0.404. The molecule has 0 saturated heterocycles. The lowest BCUT2D eigenvalue weighted by Gasteiger charge is -2.42. The molecular weight excluding hydrogens is 452 g/mol. The standard InChI is InChI=1S/C28H33ClO5/c1-8-18-9-10-20(19-11-13-21(29)14-12-19)15-22(18)23-24(30)27(4,5)34-28(6,7)25(23)33-26(31)32-16-17(2)3/h9-15,17H,8,16H2,1-7H3. The third kappa shape index (κ3) is 5.53. The summed E-state index contributed by atoms with van der Waals surface area (Å²) in [6.07, 6.45) is -0.155. The summed E-state index contributed by atoms with van der Waals surface area (Å²) in [5, 5.41) is 0.649. The summed E-state index contributed by atoms with van der Waals surface area (Å²) in [7, 11) is 0. The number of hydrogen-bond acceptors (Lipinski definition) is 5.